The van der Waals surface area contributed by atoms with Gasteiger partial charge in [0.15, 0.2) is 5.78 Å². The summed E-state index contributed by atoms with van der Waals surface area (Å²) in [5.74, 6) is -0.387. The molecule has 1 unspecified atom stereocenters. The Morgan fingerprint density at radius 1 is 1.33 bits per heavy atom. The van der Waals surface area contributed by atoms with Crippen LogP contribution in [-0.2, 0) is 12.8 Å². The molecule has 2 rings (SSSR count). The summed E-state index contributed by atoms with van der Waals surface area (Å²) in [4.78, 5) is 14.5. The minimum absolute atomic E-state index is 0.0190. The number of ketones is 1. The molecule has 2 nitrogen and oxygen atoms in total. The van der Waals surface area contributed by atoms with Gasteiger partial charge in [-0.1, -0.05) is 20.3 Å². The second kappa shape index (κ2) is 5.67. The fourth-order valence-corrected chi connectivity index (χ4v) is 3.69. The number of aryl methyl sites for hydroxylation is 2. The highest BCUT2D eigenvalue weighted by Gasteiger charge is 2.25. The molecule has 1 atom stereocenters. The quantitative estimate of drug-likeness (QED) is 0.609. The SMILES string of the molecule is CC(C)C(C#N)C(=O)c1cc2c(s1)CCCCC2. The van der Waals surface area contributed by atoms with Gasteiger partial charge in [-0.25, -0.2) is 0 Å². The monoisotopic (exact) mass is 261 g/mol. The topological polar surface area (TPSA) is 40.9 Å². The number of hydrogen-bond acceptors (Lipinski definition) is 3. The lowest BCUT2D eigenvalue weighted by Gasteiger charge is -2.09. The molecule has 0 fully saturated rings. The Hall–Kier alpha value is -1.14. The molecule has 0 N–H and O–H groups in total. The number of fused-ring (bicyclic) bond motifs is 1. The third-order valence-electron chi connectivity index (χ3n) is 3.58. The van der Waals surface area contributed by atoms with Crippen LogP contribution in [0.1, 0.15) is 53.2 Å². The fourth-order valence-electron chi connectivity index (χ4n) is 2.45. The average Bonchev–Trinajstić information content (AvgIpc) is 2.61. The van der Waals surface area contributed by atoms with Crippen LogP contribution in [0, 0.1) is 23.2 Å². The van der Waals surface area contributed by atoms with Crippen molar-refractivity contribution < 1.29 is 4.79 Å². The van der Waals surface area contributed by atoms with Gasteiger partial charge in [-0.05, 0) is 43.2 Å². The smallest absolute Gasteiger partial charge is 0.190 e. The zero-order valence-electron chi connectivity index (χ0n) is 11.0. The summed E-state index contributed by atoms with van der Waals surface area (Å²) in [5.41, 5.74) is 1.35. The Morgan fingerprint density at radius 2 is 2.06 bits per heavy atom. The van der Waals surface area contributed by atoms with Gasteiger partial charge in [0.1, 0.15) is 5.92 Å². The van der Waals surface area contributed by atoms with Gasteiger partial charge in [-0.3, -0.25) is 4.79 Å². The molecular formula is C15H19NOS. The van der Waals surface area contributed by atoms with Gasteiger partial charge in [0.05, 0.1) is 10.9 Å². The van der Waals surface area contributed by atoms with E-state index in [1.165, 1.54) is 29.7 Å². The average molecular weight is 261 g/mol. The standard InChI is InChI=1S/C15H19NOS/c1-10(2)12(9-16)15(17)14-8-11-6-4-3-5-7-13(11)18-14/h8,10,12H,3-7H2,1-2H3. The molecule has 96 valence electrons. The van der Waals surface area contributed by atoms with Crippen molar-refractivity contribution in [3.8, 4) is 6.07 Å². The Labute approximate surface area is 113 Å². The van der Waals surface area contributed by atoms with E-state index >= 15 is 0 Å². The third kappa shape index (κ3) is 2.64. The van der Waals surface area contributed by atoms with E-state index in [-0.39, 0.29) is 11.7 Å². The molecule has 1 aliphatic rings. The van der Waals surface area contributed by atoms with Crippen LogP contribution >= 0.6 is 11.3 Å². The zero-order valence-corrected chi connectivity index (χ0v) is 11.8. The second-order valence-electron chi connectivity index (χ2n) is 5.33. The first-order chi connectivity index (χ1) is 8.63. The van der Waals surface area contributed by atoms with Crippen molar-refractivity contribution in [3.63, 3.8) is 0 Å². The highest BCUT2D eigenvalue weighted by Crippen LogP contribution is 2.31. The maximum Gasteiger partial charge on any atom is 0.190 e. The molecule has 0 saturated heterocycles. The number of rotatable bonds is 3. The van der Waals surface area contributed by atoms with E-state index in [0.29, 0.717) is 0 Å². The van der Waals surface area contributed by atoms with Crippen molar-refractivity contribution in [2.75, 3.05) is 0 Å². The van der Waals surface area contributed by atoms with E-state index in [2.05, 4.69) is 6.07 Å². The van der Waals surface area contributed by atoms with Crippen LogP contribution < -0.4 is 0 Å². The Balaban J connectivity index is 2.24. The molecule has 0 aliphatic heterocycles. The first kappa shape index (κ1) is 13.3. The number of nitrogens with zero attached hydrogens (tertiary/aromatic N) is 1. The van der Waals surface area contributed by atoms with Gasteiger partial charge < -0.3 is 0 Å². The largest absolute Gasteiger partial charge is 0.292 e. The summed E-state index contributed by atoms with van der Waals surface area (Å²) in [6.07, 6.45) is 5.94. The van der Waals surface area contributed by atoms with E-state index in [0.717, 1.165) is 17.7 Å². The predicted octanol–water partition coefficient (Wildman–Crippen LogP) is 4.00. The number of carbonyl (C=O) groups is 1. The van der Waals surface area contributed by atoms with E-state index in [4.69, 9.17) is 5.26 Å². The van der Waals surface area contributed by atoms with Gasteiger partial charge in [0, 0.05) is 4.88 Å². The molecule has 1 aromatic heterocycles. The highest BCUT2D eigenvalue weighted by molar-refractivity contribution is 7.14. The van der Waals surface area contributed by atoms with Crippen molar-refractivity contribution in [3.05, 3.63) is 21.4 Å². The van der Waals surface area contributed by atoms with Crippen LogP contribution in [0.15, 0.2) is 6.07 Å². The molecule has 3 heteroatoms. The minimum Gasteiger partial charge on any atom is -0.292 e. The molecule has 0 aromatic carbocycles. The second-order valence-corrected chi connectivity index (χ2v) is 6.47. The molecule has 0 spiro atoms. The highest BCUT2D eigenvalue weighted by atomic mass is 32.1. The molecule has 18 heavy (non-hydrogen) atoms. The molecular weight excluding hydrogens is 242 g/mol. The summed E-state index contributed by atoms with van der Waals surface area (Å²) >= 11 is 1.62. The lowest BCUT2D eigenvalue weighted by atomic mass is 9.92. The number of Topliss-reactive ketones (excluding diaryl/α,β-unsaturated/α-hetero) is 1. The zero-order chi connectivity index (χ0) is 13.1. The van der Waals surface area contributed by atoms with Crippen molar-refractivity contribution in [1.82, 2.24) is 0 Å². The lowest BCUT2D eigenvalue weighted by molar-refractivity contribution is 0.0928. The molecule has 0 saturated carbocycles. The van der Waals surface area contributed by atoms with E-state index in [1.807, 2.05) is 19.9 Å². The Bertz CT molecular complexity index is 458. The van der Waals surface area contributed by atoms with Crippen LogP contribution in [0.2, 0.25) is 0 Å². The predicted molar refractivity (Wildman–Crippen MR) is 73.8 cm³/mol. The Morgan fingerprint density at radius 3 is 2.72 bits per heavy atom. The number of carbonyl (C=O) groups excluding carboxylic acids is 1. The van der Waals surface area contributed by atoms with Gasteiger partial charge in [-0.2, -0.15) is 5.26 Å². The molecule has 0 bridgehead atoms. The van der Waals surface area contributed by atoms with E-state index in [1.54, 1.807) is 11.3 Å². The molecule has 0 radical (unpaired) electrons. The Kier molecular flexibility index (Phi) is 4.19. The summed E-state index contributed by atoms with van der Waals surface area (Å²) in [6, 6.07) is 4.19. The summed E-state index contributed by atoms with van der Waals surface area (Å²) in [6.45, 7) is 3.87. The van der Waals surface area contributed by atoms with Crippen LogP contribution in [0.3, 0.4) is 0 Å². The number of thiophene rings is 1. The normalized spacial score (nSPS) is 16.8. The number of nitriles is 1. The van der Waals surface area contributed by atoms with Crippen LogP contribution in [0.5, 0.6) is 0 Å². The summed E-state index contributed by atoms with van der Waals surface area (Å²) in [7, 11) is 0. The van der Waals surface area contributed by atoms with E-state index < -0.39 is 5.92 Å². The van der Waals surface area contributed by atoms with Gasteiger partial charge in [-0.15, -0.1) is 11.3 Å². The summed E-state index contributed by atoms with van der Waals surface area (Å²) in [5, 5.41) is 9.11. The number of hydrogen-bond donors (Lipinski definition) is 0. The van der Waals surface area contributed by atoms with Crippen molar-refractivity contribution in [1.29, 1.82) is 5.26 Å². The fraction of sp³-hybridized carbons (Fsp3) is 0.600. The third-order valence-corrected chi connectivity index (χ3v) is 4.83. The van der Waals surface area contributed by atoms with Crippen LogP contribution in [0.4, 0.5) is 0 Å². The van der Waals surface area contributed by atoms with E-state index in [9.17, 15) is 4.79 Å². The lowest BCUT2D eigenvalue weighted by Crippen LogP contribution is -2.17. The molecule has 1 heterocycles. The van der Waals surface area contributed by atoms with Crippen molar-refractivity contribution in [2.24, 2.45) is 11.8 Å². The first-order valence-electron chi connectivity index (χ1n) is 6.69. The molecule has 1 aliphatic carbocycles. The molecule has 0 amide bonds. The molecule has 1 aromatic rings. The van der Waals surface area contributed by atoms with Gasteiger partial charge in [0.2, 0.25) is 0 Å². The van der Waals surface area contributed by atoms with Crippen LogP contribution in [0.25, 0.3) is 0 Å². The maximum atomic E-state index is 12.3. The van der Waals surface area contributed by atoms with Gasteiger partial charge >= 0.3 is 0 Å². The van der Waals surface area contributed by atoms with Crippen LogP contribution in [-0.4, -0.2) is 5.78 Å². The van der Waals surface area contributed by atoms with Crippen molar-refractivity contribution in [2.45, 2.75) is 46.0 Å². The first-order valence-corrected chi connectivity index (χ1v) is 7.50. The van der Waals surface area contributed by atoms with Gasteiger partial charge in [0.25, 0.3) is 0 Å². The van der Waals surface area contributed by atoms with Crippen molar-refractivity contribution >= 4 is 17.1 Å². The minimum atomic E-state index is -0.493. The summed E-state index contributed by atoms with van der Waals surface area (Å²) < 4.78 is 0. The maximum absolute atomic E-state index is 12.3.